The van der Waals surface area contributed by atoms with Gasteiger partial charge in [0.2, 0.25) is 0 Å². The van der Waals surface area contributed by atoms with E-state index in [2.05, 4.69) is 33.0 Å². The van der Waals surface area contributed by atoms with Crippen molar-refractivity contribution in [2.45, 2.75) is 71.9 Å². The van der Waals surface area contributed by atoms with Crippen LogP contribution in [0.3, 0.4) is 0 Å². The van der Waals surface area contributed by atoms with Crippen molar-refractivity contribution in [2.75, 3.05) is 19.8 Å². The molecule has 0 saturated heterocycles. The van der Waals surface area contributed by atoms with Gasteiger partial charge in [0.15, 0.2) is 0 Å². The highest BCUT2D eigenvalue weighted by Gasteiger charge is 2.52. The minimum Gasteiger partial charge on any atom is -0.465 e. The van der Waals surface area contributed by atoms with Crippen LogP contribution in [-0.4, -0.2) is 37.4 Å². The lowest BCUT2D eigenvalue weighted by molar-refractivity contribution is -0.156. The lowest BCUT2D eigenvalue weighted by Gasteiger charge is -2.34. The molecular weight excluding hydrogens is 266 g/mol. The Morgan fingerprint density at radius 2 is 1.95 bits per heavy atom. The van der Waals surface area contributed by atoms with Crippen molar-refractivity contribution in [3.63, 3.8) is 0 Å². The van der Waals surface area contributed by atoms with Crippen molar-refractivity contribution in [1.29, 1.82) is 0 Å². The zero-order valence-electron chi connectivity index (χ0n) is 14.4. The Balaban J connectivity index is 2.68. The molecule has 4 heteroatoms. The minimum absolute atomic E-state index is 0.149. The van der Waals surface area contributed by atoms with Gasteiger partial charge in [-0.1, -0.05) is 20.3 Å². The first-order valence-electron chi connectivity index (χ1n) is 8.48. The fraction of sp³-hybridized carbons (Fsp3) is 0.941. The fourth-order valence-corrected chi connectivity index (χ4v) is 2.91. The van der Waals surface area contributed by atoms with E-state index in [1.165, 1.54) is 6.42 Å². The molecule has 21 heavy (non-hydrogen) atoms. The first-order chi connectivity index (χ1) is 9.96. The Hall–Kier alpha value is -0.610. The van der Waals surface area contributed by atoms with Gasteiger partial charge in [-0.2, -0.15) is 0 Å². The first-order valence-corrected chi connectivity index (χ1v) is 8.48. The summed E-state index contributed by atoms with van der Waals surface area (Å²) < 4.78 is 11.3. The number of hydrogen-bond donors (Lipinski definition) is 1. The Labute approximate surface area is 130 Å². The molecule has 2 unspecified atom stereocenters. The van der Waals surface area contributed by atoms with Gasteiger partial charge >= 0.3 is 5.97 Å². The molecule has 1 rings (SSSR count). The van der Waals surface area contributed by atoms with Crippen LogP contribution in [0.25, 0.3) is 0 Å². The Bertz CT molecular complexity index is 315. The van der Waals surface area contributed by atoms with E-state index in [0.29, 0.717) is 31.7 Å². The largest absolute Gasteiger partial charge is 0.465 e. The van der Waals surface area contributed by atoms with Crippen LogP contribution in [0.1, 0.15) is 60.3 Å². The molecule has 1 aliphatic carbocycles. The highest BCUT2D eigenvalue weighted by molar-refractivity contribution is 5.82. The number of nitrogens with one attached hydrogen (secondary N) is 1. The molecule has 4 nitrogen and oxygen atoms in total. The molecule has 1 saturated carbocycles. The van der Waals surface area contributed by atoms with Crippen molar-refractivity contribution in [3.05, 3.63) is 0 Å². The molecule has 0 amide bonds. The average molecular weight is 299 g/mol. The third-order valence-electron chi connectivity index (χ3n) is 3.97. The summed E-state index contributed by atoms with van der Waals surface area (Å²) >= 11 is 0. The van der Waals surface area contributed by atoms with Crippen LogP contribution in [0.15, 0.2) is 0 Å². The average Bonchev–Trinajstić information content (AvgIpc) is 3.22. The van der Waals surface area contributed by atoms with Crippen molar-refractivity contribution in [2.24, 2.45) is 11.8 Å². The maximum atomic E-state index is 12.5. The summed E-state index contributed by atoms with van der Waals surface area (Å²) in [5.74, 6) is 0.734. The second-order valence-electron chi connectivity index (χ2n) is 6.67. The van der Waals surface area contributed by atoms with E-state index in [0.717, 1.165) is 19.3 Å². The number of carbonyl (C=O) groups is 1. The monoisotopic (exact) mass is 299 g/mol. The van der Waals surface area contributed by atoms with Gasteiger partial charge < -0.3 is 9.47 Å². The predicted molar refractivity (Wildman–Crippen MR) is 85.3 cm³/mol. The van der Waals surface area contributed by atoms with E-state index in [1.54, 1.807) is 0 Å². The van der Waals surface area contributed by atoms with Crippen molar-refractivity contribution in [3.8, 4) is 0 Å². The third-order valence-corrected chi connectivity index (χ3v) is 3.97. The normalized spacial score (nSPS) is 19.3. The number of ether oxygens (including phenoxy) is 2. The molecule has 0 radical (unpaired) electrons. The molecule has 1 N–H and O–H groups in total. The van der Waals surface area contributed by atoms with Crippen LogP contribution in [0, 0.1) is 11.8 Å². The van der Waals surface area contributed by atoms with Crippen LogP contribution in [0.2, 0.25) is 0 Å². The van der Waals surface area contributed by atoms with Gasteiger partial charge in [-0.3, -0.25) is 5.32 Å². The summed E-state index contributed by atoms with van der Waals surface area (Å²) in [6, 6.07) is 0.228. The third kappa shape index (κ3) is 5.59. The topological polar surface area (TPSA) is 47.6 Å². The summed E-state index contributed by atoms with van der Waals surface area (Å²) in [6.07, 6.45) is 4.48. The molecule has 1 fully saturated rings. The number of esters is 1. The number of hydrogen-bond acceptors (Lipinski definition) is 4. The van der Waals surface area contributed by atoms with E-state index >= 15 is 0 Å². The fourth-order valence-electron chi connectivity index (χ4n) is 2.91. The van der Waals surface area contributed by atoms with Gasteiger partial charge in [0.05, 0.1) is 13.2 Å². The van der Waals surface area contributed by atoms with E-state index in [9.17, 15) is 4.79 Å². The first kappa shape index (κ1) is 18.4. The maximum Gasteiger partial charge on any atom is 0.329 e. The summed E-state index contributed by atoms with van der Waals surface area (Å²) in [6.45, 7) is 11.9. The molecule has 1 aliphatic rings. The molecule has 0 aromatic rings. The van der Waals surface area contributed by atoms with E-state index in [4.69, 9.17) is 9.47 Å². The minimum atomic E-state index is -0.657. The molecule has 2 atom stereocenters. The van der Waals surface area contributed by atoms with Gasteiger partial charge in [-0.15, -0.1) is 0 Å². The second kappa shape index (κ2) is 8.74. The Morgan fingerprint density at radius 1 is 1.29 bits per heavy atom. The highest BCUT2D eigenvalue weighted by atomic mass is 16.5. The molecule has 124 valence electrons. The maximum absolute atomic E-state index is 12.5. The summed E-state index contributed by atoms with van der Waals surface area (Å²) in [5, 5.41) is 3.45. The van der Waals surface area contributed by atoms with Gasteiger partial charge in [0.1, 0.15) is 5.54 Å². The second-order valence-corrected chi connectivity index (χ2v) is 6.67. The quantitative estimate of drug-likeness (QED) is 0.595. The summed E-state index contributed by atoms with van der Waals surface area (Å²) in [7, 11) is 0. The lowest BCUT2D eigenvalue weighted by atomic mass is 9.93. The smallest absolute Gasteiger partial charge is 0.329 e. The van der Waals surface area contributed by atoms with Crippen LogP contribution in [0.5, 0.6) is 0 Å². The van der Waals surface area contributed by atoms with Crippen LogP contribution < -0.4 is 5.32 Å². The SMILES string of the molecule is CCCC(C)COCC(NC(C)C)(C(=O)OCC)C1CC1. The molecule has 0 aliphatic heterocycles. The van der Waals surface area contributed by atoms with Crippen LogP contribution >= 0.6 is 0 Å². The summed E-state index contributed by atoms with van der Waals surface area (Å²) in [4.78, 5) is 12.5. The highest BCUT2D eigenvalue weighted by Crippen LogP contribution is 2.41. The molecular formula is C17H33NO3. The zero-order chi connectivity index (χ0) is 15.9. The van der Waals surface area contributed by atoms with Gasteiger partial charge in [-0.25, -0.2) is 4.79 Å². The molecule has 0 bridgehead atoms. The van der Waals surface area contributed by atoms with E-state index < -0.39 is 5.54 Å². The van der Waals surface area contributed by atoms with Crippen molar-refractivity contribution in [1.82, 2.24) is 5.32 Å². The Morgan fingerprint density at radius 3 is 2.43 bits per heavy atom. The van der Waals surface area contributed by atoms with Crippen molar-refractivity contribution >= 4 is 5.97 Å². The summed E-state index contributed by atoms with van der Waals surface area (Å²) in [5.41, 5.74) is -0.657. The van der Waals surface area contributed by atoms with Crippen LogP contribution in [0.4, 0.5) is 0 Å². The Kier molecular flexibility index (Phi) is 7.67. The zero-order valence-corrected chi connectivity index (χ0v) is 14.4. The van der Waals surface area contributed by atoms with Gasteiger partial charge in [-0.05, 0) is 51.9 Å². The van der Waals surface area contributed by atoms with E-state index in [1.807, 2.05) is 6.92 Å². The predicted octanol–water partition coefficient (Wildman–Crippen LogP) is 3.15. The molecule has 0 spiro atoms. The van der Waals surface area contributed by atoms with Gasteiger partial charge in [0, 0.05) is 12.6 Å². The molecule has 0 heterocycles. The standard InChI is InChI=1S/C17H33NO3/c1-6-8-14(5)11-20-12-17(15-9-10-15,18-13(3)4)16(19)21-7-2/h13-15,18H,6-12H2,1-5H3. The molecule has 0 aromatic carbocycles. The molecule has 0 aromatic heterocycles. The number of rotatable bonds is 11. The van der Waals surface area contributed by atoms with E-state index in [-0.39, 0.29) is 12.0 Å². The van der Waals surface area contributed by atoms with Crippen LogP contribution in [-0.2, 0) is 14.3 Å². The number of carbonyl (C=O) groups excluding carboxylic acids is 1. The lowest BCUT2D eigenvalue weighted by Crippen LogP contribution is -2.60. The van der Waals surface area contributed by atoms with Gasteiger partial charge in [0.25, 0.3) is 0 Å². The van der Waals surface area contributed by atoms with Crippen molar-refractivity contribution < 1.29 is 14.3 Å².